The van der Waals surface area contributed by atoms with Crippen LogP contribution in [0.1, 0.15) is 24.9 Å². The molecule has 0 aliphatic rings. The van der Waals surface area contributed by atoms with Gasteiger partial charge in [0.05, 0.1) is 0 Å². The van der Waals surface area contributed by atoms with E-state index in [0.29, 0.717) is 10.7 Å². The van der Waals surface area contributed by atoms with Crippen LogP contribution in [-0.4, -0.2) is 0 Å². The number of nitrogens with one attached hydrogen (secondary N) is 1. The average molecular weight is 200 g/mol. The van der Waals surface area contributed by atoms with Crippen molar-refractivity contribution in [3.63, 3.8) is 0 Å². The lowest BCUT2D eigenvalue weighted by molar-refractivity contribution is 0.540. The van der Waals surface area contributed by atoms with Crippen molar-refractivity contribution in [1.82, 2.24) is 5.43 Å². The van der Waals surface area contributed by atoms with E-state index in [4.69, 9.17) is 23.2 Å². The van der Waals surface area contributed by atoms with E-state index in [1.165, 1.54) is 0 Å². The third-order valence-electron chi connectivity index (χ3n) is 2.03. The molecular formula is C9H14ClN3. The summed E-state index contributed by atoms with van der Waals surface area (Å²) in [6, 6.07) is 5.54. The molecule has 0 aliphatic heterocycles. The Morgan fingerprint density at radius 1 is 1.54 bits per heavy atom. The van der Waals surface area contributed by atoms with Crippen LogP contribution < -0.4 is 17.0 Å². The molecule has 0 radical (unpaired) electrons. The predicted molar refractivity (Wildman–Crippen MR) is 56.2 cm³/mol. The van der Waals surface area contributed by atoms with Crippen LogP contribution in [0.15, 0.2) is 18.2 Å². The Labute approximate surface area is 83.0 Å². The van der Waals surface area contributed by atoms with Gasteiger partial charge in [0.25, 0.3) is 0 Å². The monoisotopic (exact) mass is 199 g/mol. The smallest absolute Gasteiger partial charge is 0.0477 e. The molecule has 3 nitrogen and oxygen atoms in total. The maximum absolute atomic E-state index is 5.79. The molecule has 1 aromatic carbocycles. The second-order valence-electron chi connectivity index (χ2n) is 2.90. The minimum atomic E-state index is 0.0947. The minimum Gasteiger partial charge on any atom is -0.398 e. The standard InChI is InChI=1S/C9H14ClN3/c1-2-9(13-12)7-4-3-6(10)5-8(7)11/h3-5,9,13H,2,11-12H2,1H3. The lowest BCUT2D eigenvalue weighted by Gasteiger charge is -2.16. The van der Waals surface area contributed by atoms with E-state index >= 15 is 0 Å². The fourth-order valence-corrected chi connectivity index (χ4v) is 1.47. The quantitative estimate of drug-likeness (QED) is 0.396. The third kappa shape index (κ3) is 2.34. The molecule has 1 atom stereocenters. The second kappa shape index (κ2) is 4.46. The van der Waals surface area contributed by atoms with E-state index in [-0.39, 0.29) is 6.04 Å². The van der Waals surface area contributed by atoms with E-state index in [1.54, 1.807) is 6.07 Å². The number of hydrazine groups is 1. The van der Waals surface area contributed by atoms with Crippen molar-refractivity contribution in [1.29, 1.82) is 0 Å². The Balaban J connectivity index is 2.99. The normalized spacial score (nSPS) is 12.8. The Kier molecular flexibility index (Phi) is 3.54. The number of nitrogen functional groups attached to an aromatic ring is 1. The zero-order valence-electron chi connectivity index (χ0n) is 7.55. The van der Waals surface area contributed by atoms with Gasteiger partial charge >= 0.3 is 0 Å². The molecule has 1 unspecified atom stereocenters. The van der Waals surface area contributed by atoms with Gasteiger partial charge in [0.15, 0.2) is 0 Å². The lowest BCUT2D eigenvalue weighted by atomic mass is 10.0. The minimum absolute atomic E-state index is 0.0947. The first-order chi connectivity index (χ1) is 6.19. The SMILES string of the molecule is CCC(NN)c1ccc(Cl)cc1N. The van der Waals surface area contributed by atoms with Crippen molar-refractivity contribution in [3.05, 3.63) is 28.8 Å². The second-order valence-corrected chi connectivity index (χ2v) is 3.34. The fourth-order valence-electron chi connectivity index (χ4n) is 1.29. The van der Waals surface area contributed by atoms with E-state index in [9.17, 15) is 0 Å². The number of benzene rings is 1. The van der Waals surface area contributed by atoms with Gasteiger partial charge in [0, 0.05) is 16.8 Å². The topological polar surface area (TPSA) is 64.1 Å². The van der Waals surface area contributed by atoms with Gasteiger partial charge in [-0.2, -0.15) is 0 Å². The molecule has 13 heavy (non-hydrogen) atoms. The summed E-state index contributed by atoms with van der Waals surface area (Å²) in [6.07, 6.45) is 0.891. The maximum Gasteiger partial charge on any atom is 0.0477 e. The summed E-state index contributed by atoms with van der Waals surface area (Å²) in [7, 11) is 0. The van der Waals surface area contributed by atoms with Crippen LogP contribution in [0.2, 0.25) is 5.02 Å². The first kappa shape index (κ1) is 10.3. The molecule has 1 aromatic rings. The number of nitrogens with two attached hydrogens (primary N) is 2. The van der Waals surface area contributed by atoms with Crippen molar-refractivity contribution in [3.8, 4) is 0 Å². The third-order valence-corrected chi connectivity index (χ3v) is 2.27. The lowest BCUT2D eigenvalue weighted by Crippen LogP contribution is -2.28. The molecule has 5 N–H and O–H groups in total. The van der Waals surface area contributed by atoms with Gasteiger partial charge in [-0.05, 0) is 24.1 Å². The number of rotatable bonds is 3. The summed E-state index contributed by atoms with van der Waals surface area (Å²) in [4.78, 5) is 0. The van der Waals surface area contributed by atoms with Gasteiger partial charge in [0.1, 0.15) is 0 Å². The molecule has 1 rings (SSSR count). The van der Waals surface area contributed by atoms with Gasteiger partial charge in [-0.25, -0.2) is 0 Å². The van der Waals surface area contributed by atoms with Crippen LogP contribution >= 0.6 is 11.6 Å². The van der Waals surface area contributed by atoms with Gasteiger partial charge in [-0.3, -0.25) is 11.3 Å². The largest absolute Gasteiger partial charge is 0.398 e. The molecule has 0 saturated heterocycles. The van der Waals surface area contributed by atoms with E-state index in [0.717, 1.165) is 12.0 Å². The van der Waals surface area contributed by atoms with Crippen molar-refractivity contribution in [2.45, 2.75) is 19.4 Å². The summed E-state index contributed by atoms with van der Waals surface area (Å²) in [5.41, 5.74) is 10.2. The number of hydrogen-bond donors (Lipinski definition) is 3. The van der Waals surface area contributed by atoms with Gasteiger partial charge < -0.3 is 5.73 Å². The number of halogens is 1. The first-order valence-corrected chi connectivity index (χ1v) is 4.58. The van der Waals surface area contributed by atoms with Gasteiger partial charge in [-0.15, -0.1) is 0 Å². The number of anilines is 1. The molecule has 72 valence electrons. The summed E-state index contributed by atoms with van der Waals surface area (Å²) in [6.45, 7) is 2.04. The summed E-state index contributed by atoms with van der Waals surface area (Å²) in [5.74, 6) is 5.38. The summed E-state index contributed by atoms with van der Waals surface area (Å²) < 4.78 is 0. The number of hydrogen-bond acceptors (Lipinski definition) is 3. The van der Waals surface area contributed by atoms with Crippen molar-refractivity contribution in [2.75, 3.05) is 5.73 Å². The molecule has 4 heteroatoms. The summed E-state index contributed by atoms with van der Waals surface area (Å²) in [5, 5.41) is 0.646. The van der Waals surface area contributed by atoms with Gasteiger partial charge in [-0.1, -0.05) is 24.6 Å². The Hall–Kier alpha value is -0.770. The van der Waals surface area contributed by atoms with E-state index in [2.05, 4.69) is 5.43 Å². The van der Waals surface area contributed by atoms with Gasteiger partial charge in [0.2, 0.25) is 0 Å². The fraction of sp³-hybridized carbons (Fsp3) is 0.333. The van der Waals surface area contributed by atoms with Crippen LogP contribution in [0, 0.1) is 0 Å². The highest BCUT2D eigenvalue weighted by Crippen LogP contribution is 2.25. The van der Waals surface area contributed by atoms with Crippen LogP contribution in [0.3, 0.4) is 0 Å². The molecule has 0 amide bonds. The Morgan fingerprint density at radius 2 is 2.23 bits per heavy atom. The first-order valence-electron chi connectivity index (χ1n) is 4.20. The van der Waals surface area contributed by atoms with E-state index in [1.807, 2.05) is 19.1 Å². The molecule has 0 spiro atoms. The highest BCUT2D eigenvalue weighted by Gasteiger charge is 2.09. The highest BCUT2D eigenvalue weighted by atomic mass is 35.5. The molecule has 0 heterocycles. The predicted octanol–water partition coefficient (Wildman–Crippen LogP) is 1.84. The molecule has 0 aromatic heterocycles. The zero-order valence-corrected chi connectivity index (χ0v) is 8.31. The Bertz CT molecular complexity index is 284. The van der Waals surface area contributed by atoms with E-state index < -0.39 is 0 Å². The molecule has 0 aliphatic carbocycles. The van der Waals surface area contributed by atoms with Crippen LogP contribution in [0.4, 0.5) is 5.69 Å². The van der Waals surface area contributed by atoms with Crippen molar-refractivity contribution < 1.29 is 0 Å². The summed E-state index contributed by atoms with van der Waals surface area (Å²) >= 11 is 5.78. The highest BCUT2D eigenvalue weighted by molar-refractivity contribution is 6.30. The molecule has 0 saturated carbocycles. The maximum atomic E-state index is 5.79. The van der Waals surface area contributed by atoms with Crippen LogP contribution in [-0.2, 0) is 0 Å². The van der Waals surface area contributed by atoms with Crippen molar-refractivity contribution >= 4 is 17.3 Å². The average Bonchev–Trinajstić information content (AvgIpc) is 2.10. The van der Waals surface area contributed by atoms with Crippen LogP contribution in [0.5, 0.6) is 0 Å². The Morgan fingerprint density at radius 3 is 2.69 bits per heavy atom. The zero-order chi connectivity index (χ0) is 9.84. The molecule has 0 fully saturated rings. The van der Waals surface area contributed by atoms with Crippen LogP contribution in [0.25, 0.3) is 0 Å². The van der Waals surface area contributed by atoms with Crippen molar-refractivity contribution in [2.24, 2.45) is 5.84 Å². The molecule has 0 bridgehead atoms. The molecular weight excluding hydrogens is 186 g/mol.